The van der Waals surface area contributed by atoms with Gasteiger partial charge < -0.3 is 14.6 Å². The number of anilines is 3. The molecule has 1 N–H and O–H groups in total. The molecule has 1 aliphatic carbocycles. The highest BCUT2D eigenvalue weighted by atomic mass is 16.4. The van der Waals surface area contributed by atoms with Gasteiger partial charge in [-0.15, -0.1) is 0 Å². The highest BCUT2D eigenvalue weighted by Gasteiger charge is 2.44. The van der Waals surface area contributed by atoms with Crippen LogP contribution in [0.25, 0.3) is 11.1 Å². The molecular weight excluding hydrogens is 326 g/mol. The lowest BCUT2D eigenvalue weighted by molar-refractivity contribution is 0.222. The standard InChI is InChI=1S/C21H23N3O2/c1-23-18-9-6-16(12-19(18)26-20(23)25)22-15-4-7-17(8-5-15)24-13-21(14-24)10-2-3-11-21/h4-9,12,22H,2-3,10-11,13-14H2,1H3. The van der Waals surface area contributed by atoms with Crippen LogP contribution in [0.3, 0.4) is 0 Å². The SMILES string of the molecule is Cn1c(=O)oc2cc(Nc3ccc(N4CC5(CCCC5)C4)cc3)ccc21. The van der Waals surface area contributed by atoms with E-state index in [9.17, 15) is 4.79 Å². The fourth-order valence-electron chi connectivity index (χ4n) is 4.52. The minimum absolute atomic E-state index is 0.337. The van der Waals surface area contributed by atoms with Gasteiger partial charge in [0.05, 0.1) is 5.52 Å². The molecule has 1 aliphatic heterocycles. The third-order valence-corrected chi connectivity index (χ3v) is 6.03. The summed E-state index contributed by atoms with van der Waals surface area (Å²) in [7, 11) is 1.71. The Kier molecular flexibility index (Phi) is 3.39. The zero-order valence-corrected chi connectivity index (χ0v) is 15.0. The first-order valence-corrected chi connectivity index (χ1v) is 9.34. The highest BCUT2D eigenvalue weighted by molar-refractivity contribution is 5.79. The van der Waals surface area contributed by atoms with Crippen molar-refractivity contribution in [3.8, 4) is 0 Å². The summed E-state index contributed by atoms with van der Waals surface area (Å²) in [6.45, 7) is 2.42. The number of aryl methyl sites for hydroxylation is 1. The summed E-state index contributed by atoms with van der Waals surface area (Å²) in [6.07, 6.45) is 5.62. The lowest BCUT2D eigenvalue weighted by Gasteiger charge is -2.49. The fraction of sp³-hybridized carbons (Fsp3) is 0.381. The van der Waals surface area contributed by atoms with Gasteiger partial charge in [-0.05, 0) is 49.2 Å². The maximum Gasteiger partial charge on any atom is 0.419 e. The van der Waals surface area contributed by atoms with Crippen molar-refractivity contribution in [2.45, 2.75) is 25.7 Å². The molecule has 5 nitrogen and oxygen atoms in total. The molecule has 2 aromatic carbocycles. The van der Waals surface area contributed by atoms with Crippen molar-refractivity contribution in [2.24, 2.45) is 12.5 Å². The van der Waals surface area contributed by atoms with Gasteiger partial charge >= 0.3 is 5.76 Å². The normalized spacial score (nSPS) is 18.4. The van der Waals surface area contributed by atoms with Crippen LogP contribution in [0.2, 0.25) is 0 Å². The molecule has 1 aromatic heterocycles. The van der Waals surface area contributed by atoms with Gasteiger partial charge in [-0.3, -0.25) is 4.57 Å². The first-order chi connectivity index (χ1) is 12.6. The molecule has 1 spiro atoms. The number of aromatic nitrogens is 1. The summed E-state index contributed by atoms with van der Waals surface area (Å²) in [5.41, 5.74) is 5.26. The Labute approximate surface area is 152 Å². The minimum Gasteiger partial charge on any atom is -0.408 e. The molecule has 0 unspecified atom stereocenters. The Hall–Kier alpha value is -2.69. The largest absolute Gasteiger partial charge is 0.419 e. The van der Waals surface area contributed by atoms with Crippen molar-refractivity contribution in [3.05, 3.63) is 53.0 Å². The van der Waals surface area contributed by atoms with E-state index in [1.54, 1.807) is 7.05 Å². The number of rotatable bonds is 3. The second kappa shape index (κ2) is 5.66. The van der Waals surface area contributed by atoms with E-state index >= 15 is 0 Å². The zero-order chi connectivity index (χ0) is 17.7. The van der Waals surface area contributed by atoms with Crippen LogP contribution in [-0.2, 0) is 7.05 Å². The van der Waals surface area contributed by atoms with Crippen LogP contribution >= 0.6 is 0 Å². The van der Waals surface area contributed by atoms with Crippen LogP contribution < -0.4 is 16.0 Å². The van der Waals surface area contributed by atoms with Gasteiger partial charge in [0.15, 0.2) is 5.58 Å². The van der Waals surface area contributed by atoms with Gasteiger partial charge in [0.2, 0.25) is 0 Å². The number of hydrogen-bond donors (Lipinski definition) is 1. The molecule has 0 atom stereocenters. The average molecular weight is 349 g/mol. The molecule has 1 saturated heterocycles. The van der Waals surface area contributed by atoms with Crippen LogP contribution in [0.1, 0.15) is 25.7 Å². The van der Waals surface area contributed by atoms with E-state index in [0.29, 0.717) is 11.0 Å². The number of nitrogens with zero attached hydrogens (tertiary/aromatic N) is 2. The molecule has 2 aliphatic rings. The van der Waals surface area contributed by atoms with E-state index in [2.05, 4.69) is 34.5 Å². The van der Waals surface area contributed by atoms with E-state index in [0.717, 1.165) is 16.9 Å². The van der Waals surface area contributed by atoms with Crippen molar-refractivity contribution in [1.82, 2.24) is 4.57 Å². The van der Waals surface area contributed by atoms with Gasteiger partial charge in [0.1, 0.15) is 0 Å². The third kappa shape index (κ3) is 2.50. The highest BCUT2D eigenvalue weighted by Crippen LogP contribution is 2.46. The summed E-state index contributed by atoms with van der Waals surface area (Å²) in [5, 5.41) is 3.39. The predicted octanol–water partition coefficient (Wildman–Crippen LogP) is 4.26. The molecule has 26 heavy (non-hydrogen) atoms. The number of oxazole rings is 1. The molecule has 0 bridgehead atoms. The summed E-state index contributed by atoms with van der Waals surface area (Å²) in [6, 6.07) is 14.3. The topological polar surface area (TPSA) is 50.4 Å². The van der Waals surface area contributed by atoms with Crippen LogP contribution in [0.4, 0.5) is 17.1 Å². The van der Waals surface area contributed by atoms with Gasteiger partial charge in [0, 0.05) is 48.7 Å². The number of benzene rings is 2. The fourth-order valence-corrected chi connectivity index (χ4v) is 4.52. The Bertz CT molecular complexity index is 1000. The van der Waals surface area contributed by atoms with Crippen molar-refractivity contribution in [2.75, 3.05) is 23.3 Å². The van der Waals surface area contributed by atoms with E-state index in [1.165, 1.54) is 49.0 Å². The number of hydrogen-bond acceptors (Lipinski definition) is 4. The zero-order valence-electron chi connectivity index (χ0n) is 15.0. The second-order valence-corrected chi connectivity index (χ2v) is 7.84. The maximum absolute atomic E-state index is 11.6. The molecule has 2 fully saturated rings. The van der Waals surface area contributed by atoms with E-state index in [4.69, 9.17) is 4.42 Å². The van der Waals surface area contributed by atoms with Crippen molar-refractivity contribution < 1.29 is 4.42 Å². The van der Waals surface area contributed by atoms with Gasteiger partial charge in [-0.2, -0.15) is 0 Å². The van der Waals surface area contributed by atoms with E-state index in [1.807, 2.05) is 18.2 Å². The molecule has 2 heterocycles. The Morgan fingerprint density at radius 1 is 1.00 bits per heavy atom. The molecular formula is C21H23N3O2. The van der Waals surface area contributed by atoms with E-state index < -0.39 is 0 Å². The van der Waals surface area contributed by atoms with Crippen LogP contribution in [0.15, 0.2) is 51.7 Å². The molecule has 3 aromatic rings. The number of nitrogens with one attached hydrogen (secondary N) is 1. The lowest BCUT2D eigenvalue weighted by atomic mass is 9.78. The Morgan fingerprint density at radius 3 is 2.42 bits per heavy atom. The monoisotopic (exact) mass is 349 g/mol. The van der Waals surface area contributed by atoms with E-state index in [-0.39, 0.29) is 5.76 Å². The number of fused-ring (bicyclic) bond motifs is 1. The smallest absolute Gasteiger partial charge is 0.408 e. The third-order valence-electron chi connectivity index (χ3n) is 6.03. The Balaban J connectivity index is 1.30. The quantitative estimate of drug-likeness (QED) is 0.768. The van der Waals surface area contributed by atoms with Gasteiger partial charge in [-0.25, -0.2) is 4.79 Å². The lowest BCUT2D eigenvalue weighted by Crippen LogP contribution is -2.55. The maximum atomic E-state index is 11.6. The predicted molar refractivity (Wildman–Crippen MR) is 104 cm³/mol. The molecule has 1 saturated carbocycles. The van der Waals surface area contributed by atoms with Crippen LogP contribution in [-0.4, -0.2) is 17.7 Å². The Morgan fingerprint density at radius 2 is 1.69 bits per heavy atom. The molecule has 5 heteroatoms. The van der Waals surface area contributed by atoms with Gasteiger partial charge in [-0.1, -0.05) is 12.8 Å². The summed E-state index contributed by atoms with van der Waals surface area (Å²) < 4.78 is 6.77. The van der Waals surface area contributed by atoms with Crippen LogP contribution in [0, 0.1) is 5.41 Å². The second-order valence-electron chi connectivity index (χ2n) is 7.84. The van der Waals surface area contributed by atoms with Crippen molar-refractivity contribution in [1.29, 1.82) is 0 Å². The first-order valence-electron chi connectivity index (χ1n) is 9.34. The average Bonchev–Trinajstić information content (AvgIpc) is 3.20. The summed E-state index contributed by atoms with van der Waals surface area (Å²) in [4.78, 5) is 14.1. The minimum atomic E-state index is -0.337. The summed E-state index contributed by atoms with van der Waals surface area (Å²) in [5.74, 6) is -0.337. The summed E-state index contributed by atoms with van der Waals surface area (Å²) >= 11 is 0. The van der Waals surface area contributed by atoms with Crippen molar-refractivity contribution >= 4 is 28.2 Å². The van der Waals surface area contributed by atoms with Crippen molar-refractivity contribution in [3.63, 3.8) is 0 Å². The van der Waals surface area contributed by atoms with Crippen LogP contribution in [0.5, 0.6) is 0 Å². The van der Waals surface area contributed by atoms with Gasteiger partial charge in [0.25, 0.3) is 0 Å². The molecule has 5 rings (SSSR count). The molecule has 0 amide bonds. The molecule has 0 radical (unpaired) electrons. The first kappa shape index (κ1) is 15.6. The molecule has 134 valence electrons.